The first-order valence-corrected chi connectivity index (χ1v) is 11.5. The fraction of sp³-hybridized carbons (Fsp3) is 0.417. The Kier molecular flexibility index (Phi) is 10.3. The molecule has 0 radical (unpaired) electrons. The van der Waals surface area contributed by atoms with E-state index in [0.717, 1.165) is 29.2 Å². The van der Waals surface area contributed by atoms with Crippen LogP contribution in [-0.4, -0.2) is 42.2 Å². The minimum absolute atomic E-state index is 0.00877. The van der Waals surface area contributed by atoms with Gasteiger partial charge in [-0.15, -0.1) is 0 Å². The summed E-state index contributed by atoms with van der Waals surface area (Å²) in [6.07, 6.45) is 1.26. The monoisotopic (exact) mass is 428 g/mol. The zero-order valence-corrected chi connectivity index (χ0v) is 18.9. The van der Waals surface area contributed by atoms with Crippen molar-refractivity contribution >= 4 is 23.6 Å². The number of carbonyl (C=O) groups is 2. The van der Waals surface area contributed by atoms with Crippen molar-refractivity contribution in [2.45, 2.75) is 45.0 Å². The van der Waals surface area contributed by atoms with Gasteiger partial charge in [-0.25, -0.2) is 0 Å². The molecule has 0 aliphatic carbocycles. The van der Waals surface area contributed by atoms with Gasteiger partial charge in [-0.3, -0.25) is 9.59 Å². The molecule has 6 heteroatoms. The topological polar surface area (TPSA) is 58.6 Å². The number of hydrogen-bond donors (Lipinski definition) is 1. The molecule has 5 nitrogen and oxygen atoms in total. The highest BCUT2D eigenvalue weighted by Gasteiger charge is 2.25. The highest BCUT2D eigenvalue weighted by molar-refractivity contribution is 7.98. The molecule has 0 aromatic heterocycles. The second-order valence-corrected chi connectivity index (χ2v) is 8.23. The molecule has 0 aliphatic rings. The molecule has 0 bridgehead atoms. The second-order valence-electron chi connectivity index (χ2n) is 7.12. The van der Waals surface area contributed by atoms with E-state index in [4.69, 9.17) is 4.74 Å². The molecule has 1 atom stereocenters. The Morgan fingerprint density at radius 1 is 1.07 bits per heavy atom. The van der Waals surface area contributed by atoms with Gasteiger partial charge in [-0.05, 0) is 36.6 Å². The normalized spacial score (nSPS) is 11.6. The van der Waals surface area contributed by atoms with Crippen molar-refractivity contribution < 1.29 is 14.3 Å². The van der Waals surface area contributed by atoms with Gasteiger partial charge in [-0.2, -0.15) is 11.8 Å². The van der Waals surface area contributed by atoms with Crippen molar-refractivity contribution in [1.29, 1.82) is 0 Å². The van der Waals surface area contributed by atoms with Crippen LogP contribution in [0, 0.1) is 0 Å². The first-order valence-electron chi connectivity index (χ1n) is 10.4. The second kappa shape index (κ2) is 13.0. The van der Waals surface area contributed by atoms with E-state index in [1.165, 1.54) is 5.56 Å². The number of carbonyl (C=O) groups excluding carboxylic acids is 2. The lowest BCUT2D eigenvalue weighted by atomic mass is 10.1. The van der Waals surface area contributed by atoms with E-state index < -0.39 is 6.04 Å². The third kappa shape index (κ3) is 7.75. The summed E-state index contributed by atoms with van der Waals surface area (Å²) in [6, 6.07) is 17.3. The van der Waals surface area contributed by atoms with Gasteiger partial charge >= 0.3 is 0 Å². The first kappa shape index (κ1) is 23.8. The molecule has 0 saturated carbocycles. The van der Waals surface area contributed by atoms with Gasteiger partial charge < -0.3 is 15.0 Å². The van der Waals surface area contributed by atoms with Crippen LogP contribution in [0.1, 0.15) is 37.8 Å². The minimum atomic E-state index is -0.523. The number of ether oxygens (including phenoxy) is 1. The molecule has 0 fully saturated rings. The third-order valence-electron chi connectivity index (χ3n) is 4.80. The molecule has 2 aromatic rings. The number of methoxy groups -OCH3 is 1. The van der Waals surface area contributed by atoms with Gasteiger partial charge in [0.05, 0.1) is 7.11 Å². The van der Waals surface area contributed by atoms with E-state index in [-0.39, 0.29) is 11.8 Å². The van der Waals surface area contributed by atoms with E-state index in [2.05, 4.69) is 17.4 Å². The lowest BCUT2D eigenvalue weighted by Crippen LogP contribution is -2.47. The Bertz CT molecular complexity index is 781. The molecule has 30 heavy (non-hydrogen) atoms. The Hall–Kier alpha value is -2.47. The van der Waals surface area contributed by atoms with Crippen LogP contribution in [0.5, 0.6) is 5.75 Å². The molecule has 0 spiro atoms. The van der Waals surface area contributed by atoms with E-state index >= 15 is 0 Å². The Labute approximate surface area is 184 Å². The number of hydrogen-bond acceptors (Lipinski definition) is 4. The fourth-order valence-electron chi connectivity index (χ4n) is 2.97. The van der Waals surface area contributed by atoms with Crippen molar-refractivity contribution in [3.63, 3.8) is 0 Å². The van der Waals surface area contributed by atoms with Crippen molar-refractivity contribution in [1.82, 2.24) is 10.2 Å². The Balaban J connectivity index is 1.98. The quantitative estimate of drug-likeness (QED) is 0.513. The van der Waals surface area contributed by atoms with Crippen molar-refractivity contribution in [3.05, 3.63) is 65.7 Å². The number of thioether (sulfide) groups is 1. The molecule has 1 unspecified atom stereocenters. The minimum Gasteiger partial charge on any atom is -0.497 e. The molecule has 2 rings (SSSR count). The lowest BCUT2D eigenvalue weighted by Gasteiger charge is -2.29. The van der Waals surface area contributed by atoms with Crippen molar-refractivity contribution in [2.75, 3.05) is 19.4 Å². The molecule has 0 aliphatic heterocycles. The average molecular weight is 429 g/mol. The SMILES string of the molecule is CCCNC(=O)C(C)N(Cc1ccc(OC)cc1)C(=O)CCSCc1ccccc1. The van der Waals surface area contributed by atoms with Crippen LogP contribution in [0.15, 0.2) is 54.6 Å². The average Bonchev–Trinajstić information content (AvgIpc) is 2.79. The molecule has 1 N–H and O–H groups in total. The number of nitrogens with one attached hydrogen (secondary N) is 1. The summed E-state index contributed by atoms with van der Waals surface area (Å²) in [5.74, 6) is 2.23. The van der Waals surface area contributed by atoms with Gasteiger partial charge in [-0.1, -0.05) is 49.4 Å². The van der Waals surface area contributed by atoms with E-state index in [0.29, 0.717) is 19.5 Å². The van der Waals surface area contributed by atoms with Crippen LogP contribution >= 0.6 is 11.8 Å². The maximum Gasteiger partial charge on any atom is 0.242 e. The summed E-state index contributed by atoms with van der Waals surface area (Å²) in [6.45, 7) is 4.81. The zero-order valence-electron chi connectivity index (χ0n) is 18.1. The van der Waals surface area contributed by atoms with Crippen LogP contribution in [0.4, 0.5) is 0 Å². The first-order chi connectivity index (χ1) is 14.5. The molecule has 0 heterocycles. The largest absolute Gasteiger partial charge is 0.497 e. The van der Waals surface area contributed by atoms with Gasteiger partial charge in [0.25, 0.3) is 0 Å². The summed E-state index contributed by atoms with van der Waals surface area (Å²) in [5.41, 5.74) is 2.22. The summed E-state index contributed by atoms with van der Waals surface area (Å²) in [5, 5.41) is 2.90. The van der Waals surface area contributed by atoms with Gasteiger partial charge in [0, 0.05) is 31.0 Å². The molecule has 2 amide bonds. The van der Waals surface area contributed by atoms with Crippen molar-refractivity contribution in [2.24, 2.45) is 0 Å². The Morgan fingerprint density at radius 3 is 2.40 bits per heavy atom. The van der Waals surface area contributed by atoms with E-state index in [1.54, 1.807) is 30.7 Å². The number of rotatable bonds is 12. The molecule has 162 valence electrons. The zero-order chi connectivity index (χ0) is 21.8. The number of nitrogens with zero attached hydrogens (tertiary/aromatic N) is 1. The summed E-state index contributed by atoms with van der Waals surface area (Å²) >= 11 is 1.73. The van der Waals surface area contributed by atoms with Gasteiger partial charge in [0.1, 0.15) is 11.8 Å². The van der Waals surface area contributed by atoms with Crippen LogP contribution in [0.2, 0.25) is 0 Å². The summed E-state index contributed by atoms with van der Waals surface area (Å²) in [7, 11) is 1.62. The molecule has 2 aromatic carbocycles. The lowest BCUT2D eigenvalue weighted by molar-refractivity contribution is -0.140. The van der Waals surface area contributed by atoms with Crippen molar-refractivity contribution in [3.8, 4) is 5.75 Å². The van der Waals surface area contributed by atoms with Crippen LogP contribution in [0.3, 0.4) is 0 Å². The Morgan fingerprint density at radius 2 is 1.77 bits per heavy atom. The van der Waals surface area contributed by atoms with Crippen LogP contribution in [0.25, 0.3) is 0 Å². The maximum atomic E-state index is 13.0. The fourth-order valence-corrected chi connectivity index (χ4v) is 3.86. The smallest absolute Gasteiger partial charge is 0.242 e. The number of benzene rings is 2. The van der Waals surface area contributed by atoms with E-state index in [9.17, 15) is 9.59 Å². The van der Waals surface area contributed by atoms with Gasteiger partial charge in [0.15, 0.2) is 0 Å². The predicted molar refractivity (Wildman–Crippen MR) is 124 cm³/mol. The van der Waals surface area contributed by atoms with Gasteiger partial charge in [0.2, 0.25) is 11.8 Å². The highest BCUT2D eigenvalue weighted by atomic mass is 32.2. The molecular weight excluding hydrogens is 396 g/mol. The molecular formula is C24H32N2O3S. The van der Waals surface area contributed by atoms with E-state index in [1.807, 2.05) is 49.4 Å². The highest BCUT2D eigenvalue weighted by Crippen LogP contribution is 2.17. The van der Waals surface area contributed by atoms with Crippen LogP contribution in [-0.2, 0) is 21.9 Å². The number of amides is 2. The predicted octanol–water partition coefficient (Wildman–Crippen LogP) is 4.26. The summed E-state index contributed by atoms with van der Waals surface area (Å²) < 4.78 is 5.21. The summed E-state index contributed by atoms with van der Waals surface area (Å²) in [4.78, 5) is 27.2. The standard InChI is InChI=1S/C24H32N2O3S/c1-4-15-25-24(28)19(2)26(17-20-10-12-22(29-3)13-11-20)23(27)14-16-30-18-21-8-6-5-7-9-21/h5-13,19H,4,14-18H2,1-3H3,(H,25,28). The van der Waals surface area contributed by atoms with Crippen LogP contribution < -0.4 is 10.1 Å². The maximum absolute atomic E-state index is 13.0. The third-order valence-corrected chi connectivity index (χ3v) is 5.83. The molecule has 0 saturated heterocycles.